The first-order valence-electron chi connectivity index (χ1n) is 7.34. The van der Waals surface area contributed by atoms with Gasteiger partial charge in [0.15, 0.2) is 5.82 Å². The maximum Gasteiger partial charge on any atom is 0.230 e. The number of aromatic nitrogens is 2. The molecule has 1 fully saturated rings. The van der Waals surface area contributed by atoms with Crippen LogP contribution in [0.15, 0.2) is 28.8 Å². The maximum atomic E-state index is 5.83. The molecule has 126 valence electrons. The summed E-state index contributed by atoms with van der Waals surface area (Å²) < 4.78 is 10.9. The molecule has 0 radical (unpaired) electrons. The van der Waals surface area contributed by atoms with Crippen LogP contribution in [0.25, 0.3) is 0 Å². The Morgan fingerprint density at radius 1 is 1.39 bits per heavy atom. The van der Waals surface area contributed by atoms with E-state index in [1.807, 2.05) is 12.1 Å². The molecule has 1 aliphatic rings. The molecule has 1 aromatic carbocycles. The van der Waals surface area contributed by atoms with Gasteiger partial charge in [-0.2, -0.15) is 4.98 Å². The summed E-state index contributed by atoms with van der Waals surface area (Å²) in [4.78, 5) is 6.70. The Morgan fingerprint density at radius 3 is 2.91 bits per heavy atom. The predicted octanol–water partition coefficient (Wildman–Crippen LogP) is 2.34. The van der Waals surface area contributed by atoms with Gasteiger partial charge in [-0.05, 0) is 31.3 Å². The van der Waals surface area contributed by atoms with E-state index in [9.17, 15) is 0 Å². The third kappa shape index (κ3) is 4.81. The van der Waals surface area contributed by atoms with Crippen LogP contribution in [-0.4, -0.2) is 48.3 Å². The largest absolute Gasteiger partial charge is 0.493 e. The van der Waals surface area contributed by atoms with E-state index in [4.69, 9.17) is 20.9 Å². The topological polar surface area (TPSA) is 63.4 Å². The standard InChI is InChI=1S/C15H19ClN4O2.ClH/c1-20-8-7-17-10-13(20)15-18-14(22-19-15)6-9-21-12-4-2-11(16)3-5-12;/h2-5,13,17H,6-10H2,1H3;1H. The summed E-state index contributed by atoms with van der Waals surface area (Å²) in [7, 11) is 2.07. The van der Waals surface area contributed by atoms with Crippen LogP contribution in [0.1, 0.15) is 17.8 Å². The molecule has 1 saturated heterocycles. The van der Waals surface area contributed by atoms with Gasteiger partial charge in [-0.3, -0.25) is 4.90 Å². The highest BCUT2D eigenvalue weighted by molar-refractivity contribution is 6.30. The van der Waals surface area contributed by atoms with Crippen LogP contribution in [0.2, 0.25) is 5.02 Å². The lowest BCUT2D eigenvalue weighted by molar-refractivity contribution is 0.190. The van der Waals surface area contributed by atoms with Crippen LogP contribution < -0.4 is 10.1 Å². The van der Waals surface area contributed by atoms with Crippen molar-refractivity contribution in [2.45, 2.75) is 12.5 Å². The molecule has 1 N–H and O–H groups in total. The number of hydrogen-bond donors (Lipinski definition) is 1. The van der Waals surface area contributed by atoms with Gasteiger partial charge in [0.2, 0.25) is 5.89 Å². The van der Waals surface area contributed by atoms with E-state index in [0.29, 0.717) is 23.9 Å². The first-order valence-corrected chi connectivity index (χ1v) is 7.72. The van der Waals surface area contributed by atoms with E-state index in [0.717, 1.165) is 31.2 Å². The van der Waals surface area contributed by atoms with Crippen molar-refractivity contribution in [1.82, 2.24) is 20.4 Å². The number of nitrogens with one attached hydrogen (secondary N) is 1. The zero-order valence-electron chi connectivity index (χ0n) is 12.9. The molecule has 0 spiro atoms. The molecule has 0 saturated carbocycles. The molecule has 3 rings (SSSR count). The van der Waals surface area contributed by atoms with Crippen molar-refractivity contribution in [3.8, 4) is 5.75 Å². The van der Waals surface area contributed by atoms with E-state index in [1.165, 1.54) is 0 Å². The Hall–Kier alpha value is -1.34. The number of likely N-dealkylation sites (N-methyl/N-ethyl adjacent to an activating group) is 1. The molecule has 6 nitrogen and oxygen atoms in total. The number of nitrogens with zero attached hydrogens (tertiary/aromatic N) is 3. The molecule has 2 aromatic rings. The Morgan fingerprint density at radius 2 is 2.17 bits per heavy atom. The van der Waals surface area contributed by atoms with Crippen molar-refractivity contribution in [3.63, 3.8) is 0 Å². The number of rotatable bonds is 5. The van der Waals surface area contributed by atoms with Gasteiger partial charge in [0.25, 0.3) is 0 Å². The second-order valence-electron chi connectivity index (χ2n) is 5.30. The number of ether oxygens (including phenoxy) is 1. The lowest BCUT2D eigenvalue weighted by atomic mass is 10.2. The fourth-order valence-corrected chi connectivity index (χ4v) is 2.51. The van der Waals surface area contributed by atoms with Crippen molar-refractivity contribution in [3.05, 3.63) is 41.0 Å². The van der Waals surface area contributed by atoms with Crippen LogP contribution >= 0.6 is 24.0 Å². The number of halogens is 2. The third-order valence-electron chi connectivity index (χ3n) is 3.69. The predicted molar refractivity (Wildman–Crippen MR) is 90.4 cm³/mol. The second-order valence-corrected chi connectivity index (χ2v) is 5.74. The molecule has 1 aromatic heterocycles. The van der Waals surface area contributed by atoms with Crippen LogP contribution in [0.5, 0.6) is 5.75 Å². The molecule has 0 bridgehead atoms. The number of hydrogen-bond acceptors (Lipinski definition) is 6. The molecule has 1 unspecified atom stereocenters. The van der Waals surface area contributed by atoms with Crippen molar-refractivity contribution < 1.29 is 9.26 Å². The van der Waals surface area contributed by atoms with E-state index >= 15 is 0 Å². The highest BCUT2D eigenvalue weighted by Crippen LogP contribution is 2.18. The van der Waals surface area contributed by atoms with E-state index in [1.54, 1.807) is 12.1 Å². The zero-order chi connectivity index (χ0) is 15.4. The lowest BCUT2D eigenvalue weighted by Crippen LogP contribution is -2.44. The quantitative estimate of drug-likeness (QED) is 0.884. The van der Waals surface area contributed by atoms with Gasteiger partial charge in [0.1, 0.15) is 5.75 Å². The molecule has 23 heavy (non-hydrogen) atoms. The van der Waals surface area contributed by atoms with E-state index in [-0.39, 0.29) is 18.4 Å². The zero-order valence-corrected chi connectivity index (χ0v) is 14.4. The van der Waals surface area contributed by atoms with Gasteiger partial charge in [0.05, 0.1) is 19.1 Å². The Bertz CT molecular complexity index is 606. The summed E-state index contributed by atoms with van der Waals surface area (Å²) in [6, 6.07) is 7.44. The van der Waals surface area contributed by atoms with Crippen LogP contribution in [0, 0.1) is 0 Å². The third-order valence-corrected chi connectivity index (χ3v) is 3.94. The van der Waals surface area contributed by atoms with Gasteiger partial charge in [0, 0.05) is 24.7 Å². The Balaban J connectivity index is 0.00000192. The number of piperazine rings is 1. The molecular weight excluding hydrogens is 339 g/mol. The highest BCUT2D eigenvalue weighted by atomic mass is 35.5. The molecule has 1 atom stereocenters. The van der Waals surface area contributed by atoms with Gasteiger partial charge in [-0.25, -0.2) is 0 Å². The van der Waals surface area contributed by atoms with Crippen LogP contribution in [-0.2, 0) is 6.42 Å². The summed E-state index contributed by atoms with van der Waals surface area (Å²) >= 11 is 5.83. The van der Waals surface area contributed by atoms with Crippen molar-refractivity contribution in [2.24, 2.45) is 0 Å². The summed E-state index contributed by atoms with van der Waals surface area (Å²) in [5, 5.41) is 8.12. The molecule has 2 heterocycles. The molecular formula is C15H20Cl2N4O2. The van der Waals surface area contributed by atoms with Gasteiger partial charge in [-0.15, -0.1) is 12.4 Å². The Labute approximate surface area is 146 Å². The van der Waals surface area contributed by atoms with Crippen molar-refractivity contribution in [2.75, 3.05) is 33.3 Å². The first-order chi connectivity index (χ1) is 10.7. The highest BCUT2D eigenvalue weighted by Gasteiger charge is 2.25. The molecule has 0 aliphatic carbocycles. The summed E-state index contributed by atoms with van der Waals surface area (Å²) in [5.41, 5.74) is 0. The van der Waals surface area contributed by atoms with Crippen molar-refractivity contribution >= 4 is 24.0 Å². The minimum atomic E-state index is 0. The first kappa shape index (κ1) is 18.0. The van der Waals surface area contributed by atoms with E-state index in [2.05, 4.69) is 27.4 Å². The van der Waals surface area contributed by atoms with Gasteiger partial charge < -0.3 is 14.6 Å². The van der Waals surface area contributed by atoms with Gasteiger partial charge in [-0.1, -0.05) is 16.8 Å². The SMILES string of the molecule is CN1CCNCC1c1noc(CCOc2ccc(Cl)cc2)n1.Cl. The lowest BCUT2D eigenvalue weighted by Gasteiger charge is -2.30. The summed E-state index contributed by atoms with van der Waals surface area (Å²) in [5.74, 6) is 2.11. The maximum absolute atomic E-state index is 5.83. The minimum absolute atomic E-state index is 0. The molecule has 8 heteroatoms. The summed E-state index contributed by atoms with van der Waals surface area (Å²) in [6.07, 6.45) is 0.583. The average Bonchev–Trinajstić information content (AvgIpc) is 2.98. The molecule has 0 amide bonds. The smallest absolute Gasteiger partial charge is 0.230 e. The van der Waals surface area contributed by atoms with Crippen LogP contribution in [0.3, 0.4) is 0 Å². The minimum Gasteiger partial charge on any atom is -0.493 e. The monoisotopic (exact) mass is 358 g/mol. The average molecular weight is 359 g/mol. The fourth-order valence-electron chi connectivity index (χ4n) is 2.39. The summed E-state index contributed by atoms with van der Waals surface area (Å²) in [6.45, 7) is 3.31. The second kappa shape index (κ2) is 8.49. The number of benzene rings is 1. The van der Waals surface area contributed by atoms with Crippen LogP contribution in [0.4, 0.5) is 0 Å². The normalized spacial score (nSPS) is 18.4. The molecule has 1 aliphatic heterocycles. The van der Waals surface area contributed by atoms with E-state index < -0.39 is 0 Å². The Kier molecular flexibility index (Phi) is 6.65. The van der Waals surface area contributed by atoms with Crippen molar-refractivity contribution in [1.29, 1.82) is 0 Å². The fraction of sp³-hybridized carbons (Fsp3) is 0.467. The van der Waals surface area contributed by atoms with Gasteiger partial charge >= 0.3 is 0 Å².